The lowest BCUT2D eigenvalue weighted by Gasteiger charge is -2.18. The standard InChI is InChI=1S/C20H25ClN4O9P2/c1-11(12-5-3-2-4-6-12)23-14-7-16(21)24-19-13(14)8-22-25(19)20-18(27)17(26)15(34-20)9-33-36(31,32)10-35(28,29)30/h2-8,11,15,17-18,20,26-27H,9-10H2,1H3,(H,23,24)(H,31,32)(H2,28,29,30)/t11-,15+,17+,18+,20+/m0/s1. The Morgan fingerprint density at radius 3 is 2.56 bits per heavy atom. The van der Waals surface area contributed by atoms with Crippen molar-refractivity contribution in [2.75, 3.05) is 17.8 Å². The fourth-order valence-electron chi connectivity index (χ4n) is 3.88. The van der Waals surface area contributed by atoms with Gasteiger partial charge in [0, 0.05) is 6.04 Å². The van der Waals surface area contributed by atoms with Crippen LogP contribution in [0.2, 0.25) is 5.15 Å². The molecule has 1 aromatic carbocycles. The summed E-state index contributed by atoms with van der Waals surface area (Å²) in [7, 11) is -9.51. The zero-order valence-electron chi connectivity index (χ0n) is 18.8. The second-order valence-corrected chi connectivity index (χ2v) is 12.8. The molecule has 1 fully saturated rings. The highest BCUT2D eigenvalue weighted by Crippen LogP contribution is 2.55. The van der Waals surface area contributed by atoms with Crippen molar-refractivity contribution in [1.29, 1.82) is 0 Å². The molecule has 3 heterocycles. The van der Waals surface area contributed by atoms with E-state index in [2.05, 4.69) is 15.4 Å². The van der Waals surface area contributed by atoms with Gasteiger partial charge in [0.1, 0.15) is 23.5 Å². The van der Waals surface area contributed by atoms with Gasteiger partial charge in [0.15, 0.2) is 17.8 Å². The number of hydrogen-bond donors (Lipinski definition) is 6. The Labute approximate surface area is 210 Å². The van der Waals surface area contributed by atoms with Crippen LogP contribution in [0.25, 0.3) is 11.0 Å². The maximum absolute atomic E-state index is 11.9. The average molecular weight is 563 g/mol. The van der Waals surface area contributed by atoms with Gasteiger partial charge in [-0.1, -0.05) is 41.9 Å². The van der Waals surface area contributed by atoms with Crippen LogP contribution in [0.3, 0.4) is 0 Å². The van der Waals surface area contributed by atoms with E-state index in [-0.39, 0.29) is 16.8 Å². The molecule has 196 valence electrons. The summed E-state index contributed by atoms with van der Waals surface area (Å²) in [6.07, 6.45) is -4.14. The Morgan fingerprint density at radius 2 is 1.89 bits per heavy atom. The summed E-state index contributed by atoms with van der Waals surface area (Å²) in [5.41, 5.74) is 1.91. The van der Waals surface area contributed by atoms with Gasteiger partial charge < -0.3 is 39.5 Å². The van der Waals surface area contributed by atoms with Crippen LogP contribution in [0.4, 0.5) is 5.69 Å². The second kappa shape index (κ2) is 10.5. The molecule has 0 bridgehead atoms. The van der Waals surface area contributed by atoms with E-state index in [0.717, 1.165) is 5.56 Å². The molecule has 16 heteroatoms. The smallest absolute Gasteiger partial charge is 0.340 e. The van der Waals surface area contributed by atoms with Crippen LogP contribution in [-0.4, -0.2) is 70.5 Å². The third kappa shape index (κ3) is 6.15. The number of nitrogens with one attached hydrogen (secondary N) is 1. The molecule has 1 aliphatic heterocycles. The molecule has 0 amide bonds. The third-order valence-electron chi connectivity index (χ3n) is 5.59. The van der Waals surface area contributed by atoms with Gasteiger partial charge in [0.05, 0.1) is 23.9 Å². The molecule has 6 N–H and O–H groups in total. The Bertz CT molecular complexity index is 1320. The molecule has 1 unspecified atom stereocenters. The van der Waals surface area contributed by atoms with E-state index in [1.807, 2.05) is 37.3 Å². The van der Waals surface area contributed by atoms with Gasteiger partial charge in [-0.3, -0.25) is 9.13 Å². The van der Waals surface area contributed by atoms with Gasteiger partial charge in [-0.05, 0) is 18.6 Å². The summed E-state index contributed by atoms with van der Waals surface area (Å²) in [6, 6.07) is 11.2. The number of halogens is 1. The van der Waals surface area contributed by atoms with Crippen LogP contribution in [0.15, 0.2) is 42.6 Å². The van der Waals surface area contributed by atoms with Crippen molar-refractivity contribution in [3.8, 4) is 0 Å². The molecule has 13 nitrogen and oxygen atoms in total. The van der Waals surface area contributed by atoms with E-state index < -0.39 is 52.2 Å². The highest BCUT2D eigenvalue weighted by Gasteiger charge is 2.46. The summed E-state index contributed by atoms with van der Waals surface area (Å²) in [6.45, 7) is 1.26. The van der Waals surface area contributed by atoms with Crippen molar-refractivity contribution in [3.05, 3.63) is 53.3 Å². The minimum Gasteiger partial charge on any atom is -0.387 e. The molecular formula is C20H25ClN4O9P2. The summed E-state index contributed by atoms with van der Waals surface area (Å²) in [4.78, 5) is 31.8. The summed E-state index contributed by atoms with van der Waals surface area (Å²) in [5.74, 6) is -1.39. The number of hydrogen-bond acceptors (Lipinski definition) is 9. The SMILES string of the molecule is C[C@H](Nc1cc(Cl)nc2c1cnn2[C@@H]1O[C@H](COP(=O)(O)CP(=O)(O)O)[C@@H](O)[C@H]1O)c1ccccc1. The third-order valence-corrected chi connectivity index (χ3v) is 9.24. The monoisotopic (exact) mass is 562 g/mol. The van der Waals surface area contributed by atoms with E-state index in [1.165, 1.54) is 10.9 Å². The van der Waals surface area contributed by atoms with Crippen LogP contribution in [0, 0.1) is 0 Å². The lowest BCUT2D eigenvalue weighted by Crippen LogP contribution is -2.33. The van der Waals surface area contributed by atoms with Gasteiger partial charge in [-0.25, -0.2) is 9.67 Å². The summed E-state index contributed by atoms with van der Waals surface area (Å²) >= 11 is 6.25. The number of fused-ring (bicyclic) bond motifs is 1. The predicted molar refractivity (Wildman–Crippen MR) is 130 cm³/mol. The first-order valence-electron chi connectivity index (χ1n) is 10.7. The number of benzene rings is 1. The number of pyridine rings is 1. The van der Waals surface area contributed by atoms with Crippen molar-refractivity contribution >= 4 is 43.5 Å². The lowest BCUT2D eigenvalue weighted by molar-refractivity contribution is -0.0541. The Morgan fingerprint density at radius 1 is 1.19 bits per heavy atom. The Hall–Kier alpha value is -1.89. The number of nitrogens with zero attached hydrogens (tertiary/aromatic N) is 3. The molecular weight excluding hydrogens is 538 g/mol. The fraction of sp³-hybridized carbons (Fsp3) is 0.400. The normalized spacial score (nSPS) is 25.1. The van der Waals surface area contributed by atoms with Gasteiger partial charge in [-0.2, -0.15) is 5.10 Å². The molecule has 0 spiro atoms. The Balaban J connectivity index is 1.55. The summed E-state index contributed by atoms with van der Waals surface area (Å²) in [5, 5.41) is 29.3. The zero-order valence-corrected chi connectivity index (χ0v) is 21.4. The topological polar surface area (TPSA) is 196 Å². The van der Waals surface area contributed by atoms with Gasteiger partial charge in [0.2, 0.25) is 0 Å². The molecule has 0 aliphatic carbocycles. The molecule has 0 radical (unpaired) electrons. The van der Waals surface area contributed by atoms with Crippen LogP contribution in [0.5, 0.6) is 0 Å². The maximum atomic E-state index is 11.9. The lowest BCUT2D eigenvalue weighted by atomic mass is 10.1. The summed E-state index contributed by atoms with van der Waals surface area (Å²) < 4.78 is 34.5. The van der Waals surface area contributed by atoms with Crippen molar-refractivity contribution in [2.45, 2.75) is 37.5 Å². The molecule has 36 heavy (non-hydrogen) atoms. The maximum Gasteiger partial charge on any atom is 0.340 e. The van der Waals surface area contributed by atoms with Crippen molar-refractivity contribution in [3.63, 3.8) is 0 Å². The number of rotatable bonds is 9. The van der Waals surface area contributed by atoms with E-state index in [4.69, 9.17) is 30.6 Å². The van der Waals surface area contributed by atoms with Gasteiger partial charge in [-0.15, -0.1) is 0 Å². The Kier molecular flexibility index (Phi) is 7.89. The highest BCUT2D eigenvalue weighted by molar-refractivity contribution is 7.70. The second-order valence-electron chi connectivity index (χ2n) is 8.38. The number of ether oxygens (including phenoxy) is 1. The zero-order chi connectivity index (χ0) is 26.3. The van der Waals surface area contributed by atoms with E-state index >= 15 is 0 Å². The first-order chi connectivity index (χ1) is 16.8. The number of anilines is 1. The molecule has 1 aliphatic rings. The largest absolute Gasteiger partial charge is 0.387 e. The number of aliphatic hydroxyl groups excluding tert-OH is 2. The van der Waals surface area contributed by atoms with E-state index in [0.29, 0.717) is 11.1 Å². The molecule has 6 atom stereocenters. The van der Waals surface area contributed by atoms with Gasteiger partial charge >= 0.3 is 15.2 Å². The molecule has 3 aromatic rings. The quantitative estimate of drug-likeness (QED) is 0.164. The number of aromatic nitrogens is 3. The minimum atomic E-state index is -4.83. The predicted octanol–water partition coefficient (Wildman–Crippen LogP) is 2.21. The number of aliphatic hydroxyl groups is 2. The first kappa shape index (κ1) is 27.2. The molecule has 0 saturated carbocycles. The van der Waals surface area contributed by atoms with Crippen molar-refractivity contribution in [2.24, 2.45) is 0 Å². The van der Waals surface area contributed by atoms with Crippen LogP contribution in [0.1, 0.15) is 24.8 Å². The minimum absolute atomic E-state index is 0.0878. The molecule has 2 aromatic heterocycles. The van der Waals surface area contributed by atoms with E-state index in [9.17, 15) is 24.2 Å². The average Bonchev–Trinajstić information content (AvgIpc) is 3.32. The van der Waals surface area contributed by atoms with Gasteiger partial charge in [0.25, 0.3) is 0 Å². The van der Waals surface area contributed by atoms with E-state index in [1.54, 1.807) is 6.07 Å². The fourth-order valence-corrected chi connectivity index (χ4v) is 6.64. The highest BCUT2D eigenvalue weighted by atomic mass is 35.5. The van der Waals surface area contributed by atoms with Crippen molar-refractivity contribution in [1.82, 2.24) is 14.8 Å². The van der Waals surface area contributed by atoms with Crippen molar-refractivity contribution < 1.29 is 43.3 Å². The molecule has 4 rings (SSSR count). The first-order valence-corrected chi connectivity index (χ1v) is 14.7. The van der Waals surface area contributed by atoms with Crippen LogP contribution in [-0.2, 0) is 18.4 Å². The van der Waals surface area contributed by atoms with Crippen LogP contribution < -0.4 is 5.32 Å². The van der Waals surface area contributed by atoms with Crippen LogP contribution >= 0.6 is 26.8 Å². The molecule has 1 saturated heterocycles.